The van der Waals surface area contributed by atoms with E-state index in [2.05, 4.69) is 28.6 Å². The summed E-state index contributed by atoms with van der Waals surface area (Å²) in [6.07, 6.45) is 0.441. The summed E-state index contributed by atoms with van der Waals surface area (Å²) in [7, 11) is 1.57. The largest absolute Gasteiger partial charge is 0.493 e. The molecular weight excluding hydrogens is 326 g/mol. The van der Waals surface area contributed by atoms with E-state index in [0.717, 1.165) is 4.47 Å². The molecule has 92 valence electrons. The van der Waals surface area contributed by atoms with E-state index >= 15 is 0 Å². The van der Waals surface area contributed by atoms with Crippen molar-refractivity contribution in [3.05, 3.63) is 21.6 Å². The standard InChI is InChI=1S/C11H11BrClNO2S/c1-16-11-8(12)2-6(13)3-9(11)14-5-7(17)4-10(14)15/h2-3,7,17H,4-5H2,1H3. The number of carbonyl (C=O) groups excluding carboxylic acids is 1. The normalized spacial score (nSPS) is 19.9. The van der Waals surface area contributed by atoms with Gasteiger partial charge in [-0.3, -0.25) is 4.79 Å². The molecule has 0 aromatic heterocycles. The molecular formula is C11H11BrClNO2S. The zero-order valence-electron chi connectivity index (χ0n) is 9.11. The Kier molecular flexibility index (Phi) is 3.90. The van der Waals surface area contributed by atoms with Gasteiger partial charge in [0.1, 0.15) is 0 Å². The molecule has 0 bridgehead atoms. The number of methoxy groups -OCH3 is 1. The molecule has 0 spiro atoms. The fourth-order valence-corrected chi connectivity index (χ4v) is 3.15. The average molecular weight is 337 g/mol. The van der Waals surface area contributed by atoms with E-state index in [4.69, 9.17) is 16.3 Å². The van der Waals surface area contributed by atoms with E-state index in [1.54, 1.807) is 24.1 Å². The maximum atomic E-state index is 11.8. The van der Waals surface area contributed by atoms with Crippen molar-refractivity contribution in [3.63, 3.8) is 0 Å². The lowest BCUT2D eigenvalue weighted by molar-refractivity contribution is -0.117. The van der Waals surface area contributed by atoms with Gasteiger partial charge in [0.05, 0.1) is 17.3 Å². The van der Waals surface area contributed by atoms with Gasteiger partial charge in [0, 0.05) is 23.2 Å². The topological polar surface area (TPSA) is 29.5 Å². The average Bonchev–Trinajstić information content (AvgIpc) is 2.56. The molecule has 2 rings (SSSR count). The van der Waals surface area contributed by atoms with Gasteiger partial charge in [-0.2, -0.15) is 12.6 Å². The number of carbonyl (C=O) groups is 1. The van der Waals surface area contributed by atoms with Gasteiger partial charge in [-0.25, -0.2) is 0 Å². The lowest BCUT2D eigenvalue weighted by Gasteiger charge is -2.20. The number of amides is 1. The number of hydrogen-bond acceptors (Lipinski definition) is 3. The van der Waals surface area contributed by atoms with Crippen molar-refractivity contribution in [2.75, 3.05) is 18.6 Å². The third kappa shape index (κ3) is 2.56. The zero-order chi connectivity index (χ0) is 12.6. The highest BCUT2D eigenvalue weighted by atomic mass is 79.9. The fraction of sp³-hybridized carbons (Fsp3) is 0.364. The molecule has 0 aliphatic carbocycles. The van der Waals surface area contributed by atoms with Crippen LogP contribution < -0.4 is 9.64 Å². The van der Waals surface area contributed by atoms with Gasteiger partial charge in [0.2, 0.25) is 5.91 Å². The molecule has 0 saturated carbocycles. The van der Waals surface area contributed by atoms with Crippen LogP contribution in [0.25, 0.3) is 0 Å². The molecule has 1 fully saturated rings. The van der Waals surface area contributed by atoms with Gasteiger partial charge in [-0.15, -0.1) is 0 Å². The second-order valence-corrected chi connectivity index (χ2v) is 5.82. The quantitative estimate of drug-likeness (QED) is 0.841. The molecule has 0 radical (unpaired) electrons. The fourth-order valence-electron chi connectivity index (χ4n) is 1.87. The van der Waals surface area contributed by atoms with Crippen molar-refractivity contribution >= 4 is 51.8 Å². The van der Waals surface area contributed by atoms with Crippen LogP contribution in [-0.4, -0.2) is 24.8 Å². The van der Waals surface area contributed by atoms with Gasteiger partial charge in [-0.1, -0.05) is 11.6 Å². The Hall–Kier alpha value is -0.390. The summed E-state index contributed by atoms with van der Waals surface area (Å²) >= 11 is 13.7. The molecule has 1 heterocycles. The highest BCUT2D eigenvalue weighted by molar-refractivity contribution is 9.10. The molecule has 1 aromatic carbocycles. The Bertz CT molecular complexity index is 469. The maximum Gasteiger partial charge on any atom is 0.228 e. The van der Waals surface area contributed by atoms with Gasteiger partial charge in [-0.05, 0) is 28.1 Å². The molecule has 1 atom stereocenters. The molecule has 1 aliphatic rings. The monoisotopic (exact) mass is 335 g/mol. The minimum atomic E-state index is 0.0393. The van der Waals surface area contributed by atoms with Crippen molar-refractivity contribution < 1.29 is 9.53 Å². The lowest BCUT2D eigenvalue weighted by atomic mass is 10.2. The van der Waals surface area contributed by atoms with Crippen LogP contribution in [0.3, 0.4) is 0 Å². The van der Waals surface area contributed by atoms with Gasteiger partial charge >= 0.3 is 0 Å². The van der Waals surface area contributed by atoms with Crippen LogP contribution in [0.1, 0.15) is 6.42 Å². The van der Waals surface area contributed by atoms with E-state index in [-0.39, 0.29) is 11.2 Å². The van der Waals surface area contributed by atoms with Crippen LogP contribution in [-0.2, 0) is 4.79 Å². The molecule has 1 amide bonds. The zero-order valence-corrected chi connectivity index (χ0v) is 12.3. The van der Waals surface area contributed by atoms with Crippen LogP contribution in [0.5, 0.6) is 5.75 Å². The molecule has 6 heteroatoms. The van der Waals surface area contributed by atoms with E-state index in [1.165, 1.54) is 0 Å². The molecule has 1 unspecified atom stereocenters. The molecule has 1 saturated heterocycles. The number of halogens is 2. The Balaban J connectivity index is 2.47. The maximum absolute atomic E-state index is 11.8. The van der Waals surface area contributed by atoms with Crippen LogP contribution in [0.4, 0.5) is 5.69 Å². The Labute approximate surface area is 119 Å². The van der Waals surface area contributed by atoms with E-state index in [0.29, 0.717) is 29.4 Å². The Morgan fingerprint density at radius 1 is 1.59 bits per heavy atom. The summed E-state index contributed by atoms with van der Waals surface area (Å²) in [5.74, 6) is 0.655. The third-order valence-electron chi connectivity index (χ3n) is 2.59. The lowest BCUT2D eigenvalue weighted by Crippen LogP contribution is -2.25. The SMILES string of the molecule is COc1c(Br)cc(Cl)cc1N1CC(S)CC1=O. The smallest absolute Gasteiger partial charge is 0.228 e. The van der Waals surface area contributed by atoms with Gasteiger partial charge < -0.3 is 9.64 Å². The van der Waals surface area contributed by atoms with Crippen LogP contribution in [0, 0.1) is 0 Å². The summed E-state index contributed by atoms with van der Waals surface area (Å²) in [4.78, 5) is 13.5. The number of rotatable bonds is 2. The first kappa shape index (κ1) is 13.1. The number of thiol groups is 1. The van der Waals surface area contributed by atoms with Crippen molar-refractivity contribution in [3.8, 4) is 5.75 Å². The van der Waals surface area contributed by atoms with Crippen molar-refractivity contribution in [2.45, 2.75) is 11.7 Å². The predicted octanol–water partition coefficient (Wildman–Crippen LogP) is 3.15. The summed E-state index contributed by atoms with van der Waals surface area (Å²) in [6, 6.07) is 3.47. The van der Waals surface area contributed by atoms with Gasteiger partial charge in [0.15, 0.2) is 5.75 Å². The van der Waals surface area contributed by atoms with E-state index in [1.807, 2.05) is 0 Å². The highest BCUT2D eigenvalue weighted by Crippen LogP contribution is 2.40. The first-order chi connectivity index (χ1) is 8.02. The summed E-state index contributed by atoms with van der Waals surface area (Å²) in [6.45, 7) is 0.574. The second kappa shape index (κ2) is 5.08. The second-order valence-electron chi connectivity index (χ2n) is 3.80. The Morgan fingerprint density at radius 2 is 2.29 bits per heavy atom. The first-order valence-electron chi connectivity index (χ1n) is 5.04. The number of ether oxygens (including phenoxy) is 1. The summed E-state index contributed by atoms with van der Waals surface area (Å²) in [5.41, 5.74) is 0.688. The molecule has 1 aliphatic heterocycles. The van der Waals surface area contributed by atoms with E-state index in [9.17, 15) is 4.79 Å². The molecule has 17 heavy (non-hydrogen) atoms. The first-order valence-corrected chi connectivity index (χ1v) is 6.73. The number of hydrogen-bond donors (Lipinski definition) is 1. The minimum absolute atomic E-state index is 0.0393. The van der Waals surface area contributed by atoms with E-state index < -0.39 is 0 Å². The summed E-state index contributed by atoms with van der Waals surface area (Å²) < 4.78 is 6.04. The molecule has 0 N–H and O–H groups in total. The minimum Gasteiger partial charge on any atom is -0.493 e. The Morgan fingerprint density at radius 3 is 2.82 bits per heavy atom. The van der Waals surface area contributed by atoms with Crippen molar-refractivity contribution in [1.29, 1.82) is 0 Å². The summed E-state index contributed by atoms with van der Waals surface area (Å²) in [5, 5.41) is 0.619. The van der Waals surface area contributed by atoms with Crippen LogP contribution in [0.2, 0.25) is 5.02 Å². The third-order valence-corrected chi connectivity index (χ3v) is 3.74. The molecule has 1 aromatic rings. The van der Waals surface area contributed by atoms with Crippen LogP contribution in [0.15, 0.2) is 16.6 Å². The van der Waals surface area contributed by atoms with Gasteiger partial charge in [0.25, 0.3) is 0 Å². The molecule has 3 nitrogen and oxygen atoms in total. The highest BCUT2D eigenvalue weighted by Gasteiger charge is 2.31. The van der Waals surface area contributed by atoms with Crippen LogP contribution >= 0.6 is 40.2 Å². The number of nitrogens with zero attached hydrogens (tertiary/aromatic N) is 1. The van der Waals surface area contributed by atoms with Crippen molar-refractivity contribution in [2.24, 2.45) is 0 Å². The van der Waals surface area contributed by atoms with Crippen molar-refractivity contribution in [1.82, 2.24) is 0 Å². The number of benzene rings is 1. The number of anilines is 1. The predicted molar refractivity (Wildman–Crippen MR) is 75.4 cm³/mol.